The Balaban J connectivity index is 1.53. The van der Waals surface area contributed by atoms with Crippen molar-refractivity contribution in [3.05, 3.63) is 47.0 Å². The van der Waals surface area contributed by atoms with Crippen LogP contribution in [0.1, 0.15) is 23.1 Å². The molecule has 1 aliphatic rings. The van der Waals surface area contributed by atoms with E-state index >= 15 is 0 Å². The first-order chi connectivity index (χ1) is 16.3. The Labute approximate surface area is 201 Å². The summed E-state index contributed by atoms with van der Waals surface area (Å²) in [5, 5.41) is 0. The van der Waals surface area contributed by atoms with Gasteiger partial charge in [0.1, 0.15) is 0 Å². The van der Waals surface area contributed by atoms with E-state index in [9.17, 15) is 13.2 Å². The summed E-state index contributed by atoms with van der Waals surface area (Å²) in [4.78, 5) is 14.5. The second kappa shape index (κ2) is 11.5. The van der Waals surface area contributed by atoms with Gasteiger partial charge in [-0.15, -0.1) is 0 Å². The van der Waals surface area contributed by atoms with E-state index in [4.69, 9.17) is 18.9 Å². The molecule has 8 nitrogen and oxygen atoms in total. The highest BCUT2D eigenvalue weighted by Gasteiger charge is 2.23. The average molecular weight is 492 g/mol. The van der Waals surface area contributed by atoms with Crippen molar-refractivity contribution in [2.45, 2.75) is 25.7 Å². The lowest BCUT2D eigenvalue weighted by atomic mass is 10.0. The third-order valence-electron chi connectivity index (χ3n) is 6.08. The van der Waals surface area contributed by atoms with Gasteiger partial charge in [-0.1, -0.05) is 6.07 Å². The van der Waals surface area contributed by atoms with Gasteiger partial charge in [-0.3, -0.25) is 4.79 Å². The molecular formula is C25H33NO7S. The third kappa shape index (κ3) is 6.34. The highest BCUT2D eigenvalue weighted by Crippen LogP contribution is 2.32. The first kappa shape index (κ1) is 25.7. The van der Waals surface area contributed by atoms with Crippen LogP contribution in [0, 0.1) is 0 Å². The lowest BCUT2D eigenvalue weighted by Gasteiger charge is -2.20. The van der Waals surface area contributed by atoms with E-state index in [1.807, 2.05) is 18.2 Å². The minimum atomic E-state index is -3.26. The number of hydrogen-bond acceptors (Lipinski definition) is 7. The maximum absolute atomic E-state index is 12.8. The molecule has 186 valence electrons. The normalized spacial score (nSPS) is 13.8. The van der Waals surface area contributed by atoms with Crippen LogP contribution in [0.25, 0.3) is 0 Å². The molecule has 0 N–H and O–H groups in total. The van der Waals surface area contributed by atoms with Gasteiger partial charge in [0.25, 0.3) is 0 Å². The highest BCUT2D eigenvalue weighted by molar-refractivity contribution is 7.91. The maximum Gasteiger partial charge on any atom is 0.227 e. The summed E-state index contributed by atoms with van der Waals surface area (Å²) in [7, 11) is 3.01. The Bertz CT molecular complexity index is 1110. The third-order valence-corrected chi connectivity index (χ3v) is 7.82. The van der Waals surface area contributed by atoms with Crippen molar-refractivity contribution in [2.24, 2.45) is 0 Å². The Morgan fingerprint density at radius 1 is 0.824 bits per heavy atom. The van der Waals surface area contributed by atoms with E-state index in [-0.39, 0.29) is 23.8 Å². The molecule has 0 saturated heterocycles. The highest BCUT2D eigenvalue weighted by atomic mass is 32.2. The van der Waals surface area contributed by atoms with Crippen LogP contribution in [0.15, 0.2) is 30.3 Å². The lowest BCUT2D eigenvalue weighted by molar-refractivity contribution is -0.130. The number of benzene rings is 2. The summed E-state index contributed by atoms with van der Waals surface area (Å²) in [6, 6.07) is 9.19. The van der Waals surface area contributed by atoms with E-state index in [1.54, 1.807) is 45.5 Å². The van der Waals surface area contributed by atoms with Crippen LogP contribution in [0.5, 0.6) is 23.0 Å². The molecule has 1 amide bonds. The maximum atomic E-state index is 12.8. The number of fused-ring (bicyclic) bond motifs is 1. The fourth-order valence-electron chi connectivity index (χ4n) is 4.14. The molecule has 0 fully saturated rings. The largest absolute Gasteiger partial charge is 0.493 e. The van der Waals surface area contributed by atoms with Gasteiger partial charge in [0.05, 0.1) is 46.4 Å². The van der Waals surface area contributed by atoms with E-state index < -0.39 is 9.84 Å². The van der Waals surface area contributed by atoms with E-state index in [2.05, 4.69) is 0 Å². The fraction of sp³-hybridized carbons (Fsp3) is 0.480. The van der Waals surface area contributed by atoms with Crippen molar-refractivity contribution in [3.63, 3.8) is 0 Å². The molecule has 0 radical (unpaired) electrons. The molecule has 1 aliphatic heterocycles. The first-order valence-electron chi connectivity index (χ1n) is 11.2. The molecule has 0 bridgehead atoms. The van der Waals surface area contributed by atoms with Gasteiger partial charge in [0, 0.05) is 13.1 Å². The molecule has 0 aliphatic carbocycles. The summed E-state index contributed by atoms with van der Waals surface area (Å²) < 4.78 is 46.4. The molecule has 34 heavy (non-hydrogen) atoms. The van der Waals surface area contributed by atoms with Crippen LogP contribution in [0.3, 0.4) is 0 Å². The second-order valence-corrected chi connectivity index (χ2v) is 10.5. The molecule has 2 aromatic rings. The SMILES string of the molecule is COc1ccc(CCS(=O)(=O)CCCN2CCc3cc(OC)c(OC)cc3CC2=O)cc1OC. The molecule has 9 heteroatoms. The number of carbonyl (C=O) groups excluding carboxylic acids is 1. The van der Waals surface area contributed by atoms with Crippen molar-refractivity contribution in [1.82, 2.24) is 4.90 Å². The van der Waals surface area contributed by atoms with Gasteiger partial charge in [-0.2, -0.15) is 0 Å². The number of methoxy groups -OCH3 is 4. The minimum absolute atomic E-state index is 0.00584. The van der Waals surface area contributed by atoms with Gasteiger partial charge in [0.2, 0.25) is 5.91 Å². The number of carbonyl (C=O) groups is 1. The van der Waals surface area contributed by atoms with E-state index in [0.717, 1.165) is 16.7 Å². The Kier molecular flexibility index (Phi) is 8.66. The second-order valence-electron chi connectivity index (χ2n) is 8.23. The molecule has 3 rings (SSSR count). The summed E-state index contributed by atoms with van der Waals surface area (Å²) >= 11 is 0. The van der Waals surface area contributed by atoms with E-state index in [0.29, 0.717) is 55.4 Å². The predicted molar refractivity (Wildman–Crippen MR) is 130 cm³/mol. The Morgan fingerprint density at radius 3 is 2.09 bits per heavy atom. The van der Waals surface area contributed by atoms with Gasteiger partial charge in [0.15, 0.2) is 32.8 Å². The summed E-state index contributed by atoms with van der Waals surface area (Å²) in [6.45, 7) is 0.962. The fourth-order valence-corrected chi connectivity index (χ4v) is 5.46. The summed E-state index contributed by atoms with van der Waals surface area (Å²) in [6.07, 6.45) is 1.75. The molecule has 0 spiro atoms. The number of aryl methyl sites for hydroxylation is 1. The molecular weight excluding hydrogens is 458 g/mol. The van der Waals surface area contributed by atoms with Crippen molar-refractivity contribution < 1.29 is 32.2 Å². The van der Waals surface area contributed by atoms with Gasteiger partial charge in [-0.05, 0) is 60.2 Å². The van der Waals surface area contributed by atoms with Crippen molar-refractivity contribution in [1.29, 1.82) is 0 Å². The molecule has 0 unspecified atom stereocenters. The Morgan fingerprint density at radius 2 is 1.44 bits per heavy atom. The minimum Gasteiger partial charge on any atom is -0.493 e. The number of hydrogen-bond donors (Lipinski definition) is 0. The van der Waals surface area contributed by atoms with Crippen molar-refractivity contribution in [3.8, 4) is 23.0 Å². The van der Waals surface area contributed by atoms with Crippen LogP contribution < -0.4 is 18.9 Å². The van der Waals surface area contributed by atoms with E-state index in [1.165, 1.54) is 0 Å². The molecule has 0 aromatic heterocycles. The Hall–Kier alpha value is -2.94. The van der Waals surface area contributed by atoms with Crippen LogP contribution in [0.2, 0.25) is 0 Å². The van der Waals surface area contributed by atoms with Gasteiger partial charge >= 0.3 is 0 Å². The smallest absolute Gasteiger partial charge is 0.227 e. The zero-order valence-corrected chi connectivity index (χ0v) is 21.1. The number of nitrogens with zero attached hydrogens (tertiary/aromatic N) is 1. The predicted octanol–water partition coefficient (Wildman–Crippen LogP) is 2.70. The zero-order valence-electron chi connectivity index (χ0n) is 20.3. The summed E-state index contributed by atoms with van der Waals surface area (Å²) in [5.41, 5.74) is 2.84. The van der Waals surface area contributed by atoms with Crippen LogP contribution >= 0.6 is 0 Å². The quantitative estimate of drug-likeness (QED) is 0.477. The average Bonchev–Trinajstić information content (AvgIpc) is 2.99. The lowest BCUT2D eigenvalue weighted by Crippen LogP contribution is -2.34. The standard InChI is InChI=1S/C25H33NO7S/c1-30-21-7-6-18(14-22(21)31-2)9-13-34(28,29)12-5-10-26-11-8-19-15-23(32-3)24(33-4)16-20(19)17-25(26)27/h6-7,14-16H,5,8-13,17H2,1-4H3. The zero-order chi connectivity index (χ0) is 24.7. The van der Waals surface area contributed by atoms with Crippen molar-refractivity contribution >= 4 is 15.7 Å². The number of amides is 1. The number of rotatable bonds is 11. The first-order valence-corrected chi connectivity index (χ1v) is 13.0. The molecule has 0 atom stereocenters. The van der Waals surface area contributed by atoms with Crippen LogP contribution in [0.4, 0.5) is 0 Å². The van der Waals surface area contributed by atoms with Crippen LogP contribution in [-0.2, 0) is 33.9 Å². The topological polar surface area (TPSA) is 91.4 Å². The number of ether oxygens (including phenoxy) is 4. The van der Waals surface area contributed by atoms with Crippen LogP contribution in [-0.4, -0.2) is 72.3 Å². The molecule has 2 aromatic carbocycles. The molecule has 1 heterocycles. The monoisotopic (exact) mass is 491 g/mol. The van der Waals surface area contributed by atoms with Gasteiger partial charge < -0.3 is 23.8 Å². The molecule has 0 saturated carbocycles. The number of sulfone groups is 1. The van der Waals surface area contributed by atoms with Gasteiger partial charge in [-0.25, -0.2) is 8.42 Å². The summed E-state index contributed by atoms with van der Waals surface area (Å²) in [5.74, 6) is 2.50. The van der Waals surface area contributed by atoms with Crippen molar-refractivity contribution in [2.75, 3.05) is 53.0 Å².